The molecule has 0 unspecified atom stereocenters. The van der Waals surface area contributed by atoms with Gasteiger partial charge in [-0.2, -0.15) is 0 Å². The molecule has 4 nitrogen and oxygen atoms in total. The first-order chi connectivity index (χ1) is 73.4. The van der Waals surface area contributed by atoms with E-state index in [-0.39, 0.29) is 0 Å². The van der Waals surface area contributed by atoms with Crippen LogP contribution in [0.1, 0.15) is 464 Å². The zero-order chi connectivity index (χ0) is 106. The highest BCUT2D eigenvalue weighted by Gasteiger charge is 2.23. The molecule has 0 N–H and O–H groups in total. The van der Waals surface area contributed by atoms with Crippen LogP contribution in [0.3, 0.4) is 0 Å². The molecular weight excluding hydrogens is 1840 g/mol. The maximum Gasteiger partial charge on any atom is 0.129 e. The second-order valence-electron chi connectivity index (χ2n) is 44.5. The quantitative estimate of drug-likeness (QED) is 0.0163. The molecule has 0 amide bonds. The number of nitrogens with zero attached hydrogens (tertiary/aromatic N) is 4. The van der Waals surface area contributed by atoms with Crippen LogP contribution in [-0.2, 0) is 0 Å². The van der Waals surface area contributed by atoms with Crippen molar-refractivity contribution in [2.24, 2.45) is 0 Å². The normalized spacial score (nSPS) is 11.4. The minimum Gasteiger partial charge on any atom is -0.372 e. The van der Waals surface area contributed by atoms with Crippen LogP contribution < -0.4 is 19.6 Å². The Morgan fingerprint density at radius 3 is 0.420 bits per heavy atom. The van der Waals surface area contributed by atoms with Gasteiger partial charge in [0.25, 0.3) is 0 Å². The van der Waals surface area contributed by atoms with Gasteiger partial charge in [0.2, 0.25) is 0 Å². The lowest BCUT2D eigenvalue weighted by atomic mass is 9.86. The van der Waals surface area contributed by atoms with E-state index < -0.39 is 16.1 Å². The van der Waals surface area contributed by atoms with Crippen molar-refractivity contribution in [3.63, 3.8) is 0 Å². The van der Waals surface area contributed by atoms with Gasteiger partial charge in [-0.25, -0.2) is 0 Å². The van der Waals surface area contributed by atoms with E-state index >= 15 is 0 Å². The summed E-state index contributed by atoms with van der Waals surface area (Å²) in [6.07, 6.45) is 80.6. The zero-order valence-corrected chi connectivity index (χ0v) is 98.5. The molecule has 0 aromatic heterocycles. The van der Waals surface area contributed by atoms with Gasteiger partial charge in [0.1, 0.15) is 16.1 Å². The molecule has 0 radical (unpaired) electrons. The van der Waals surface area contributed by atoms with Crippen LogP contribution in [-0.4, -0.2) is 68.5 Å². The standard InChI is InChI=1S/C144H194N4Si2/c1-15-23-31-39-47-55-113-145(114-56-48-40-32-24-16-2)135-99-87-131(88-100-135)83-71-123-63-75-127(76-64-123)95-107-139-140(108-96-128-77-65-124(66-78-128)72-84-132-89-101-136(102-90-132)146(115-57-49-41-33-25-17-3)116-58-50-42-34-26-18-4)144(112-122-150(12,13)14)142(110-98-130-81-69-126(70-82-130)74-86-134-93-105-138(106-94-134)148(119-61-53-45-37-29-21-7)120-62-54-46-38-30-22-8)141(143(139)111-121-149(9,10)11)109-97-129-79-67-125(68-80-129)73-85-133-91-103-137(104-92-133)147(117-59-51-43-35-27-19-5)118-60-52-44-36-28-20-6/h63-94,99-106H,15-62,113-120H2,1-14H3. The molecule has 0 spiro atoms. The van der Waals surface area contributed by atoms with Crippen molar-refractivity contribution >= 4 is 87.5 Å². The highest BCUT2D eigenvalue weighted by atomic mass is 28.3. The molecule has 0 fully saturated rings. The molecule has 9 aromatic carbocycles. The maximum absolute atomic E-state index is 3.88. The van der Waals surface area contributed by atoms with Gasteiger partial charge in [0.15, 0.2) is 0 Å². The Bertz CT molecular complexity index is 5030. The first-order valence-electron chi connectivity index (χ1n) is 60.3. The lowest BCUT2D eigenvalue weighted by molar-refractivity contribution is 0.575. The number of rotatable bonds is 68. The fraction of sp³-hybridized carbons (Fsp3) is 0.486. The molecule has 798 valence electrons. The second-order valence-corrected chi connectivity index (χ2v) is 54.0. The van der Waals surface area contributed by atoms with Crippen molar-refractivity contribution < 1.29 is 0 Å². The summed E-state index contributed by atoms with van der Waals surface area (Å²) in [6.45, 7) is 41.3. The summed E-state index contributed by atoms with van der Waals surface area (Å²) in [5.74, 6) is 38.1. The predicted molar refractivity (Wildman–Crippen MR) is 674 cm³/mol. The fourth-order valence-electron chi connectivity index (χ4n) is 19.3. The largest absolute Gasteiger partial charge is 0.372 e. The van der Waals surface area contributed by atoms with E-state index in [2.05, 4.69) is 427 Å². The van der Waals surface area contributed by atoms with Gasteiger partial charge < -0.3 is 19.6 Å². The zero-order valence-electron chi connectivity index (χ0n) is 96.5. The van der Waals surface area contributed by atoms with Crippen molar-refractivity contribution in [3.8, 4) is 70.3 Å². The molecule has 0 aliphatic heterocycles. The summed E-state index contributed by atoms with van der Waals surface area (Å²) in [4.78, 5) is 10.6. The molecule has 9 aromatic rings. The van der Waals surface area contributed by atoms with Crippen LogP contribution in [0.2, 0.25) is 39.3 Å². The molecule has 0 aliphatic rings. The Morgan fingerprint density at radius 2 is 0.280 bits per heavy atom. The Hall–Kier alpha value is -11.1. The van der Waals surface area contributed by atoms with Gasteiger partial charge in [-0.3, -0.25) is 0 Å². The molecule has 0 saturated heterocycles. The van der Waals surface area contributed by atoms with Gasteiger partial charge in [0, 0.05) is 97.4 Å². The van der Waals surface area contributed by atoms with Gasteiger partial charge in [-0.1, -0.05) is 556 Å². The van der Waals surface area contributed by atoms with E-state index in [1.54, 1.807) is 0 Å². The SMILES string of the molecule is CCCCCCCCN(CCCCCCCC)c1ccc(C=Cc2ccc(C#Cc3c(C#Cc4ccc(C=Cc5ccc(N(CCCCCCCC)CCCCCCCC)cc5)cc4)c(C#C[Si](C)(C)C)c(C#Cc4ccc(C=Cc5ccc(N(CCCCCCCC)CCCCCCCC)cc5)cc4)c(C#Cc4ccc(C=Cc5ccc(N(CCCCCCCC)CCCCCCCC)cc5)cc4)c3C#C[Si](C)(C)C)cc2)cc1. The van der Waals surface area contributed by atoms with Crippen molar-refractivity contribution in [1.29, 1.82) is 0 Å². The fourth-order valence-corrected chi connectivity index (χ4v) is 20.3. The highest BCUT2D eigenvalue weighted by molar-refractivity contribution is 6.84. The second kappa shape index (κ2) is 74.0. The molecular formula is C144H194N4Si2. The van der Waals surface area contributed by atoms with E-state index in [9.17, 15) is 0 Å². The van der Waals surface area contributed by atoms with Crippen molar-refractivity contribution in [1.82, 2.24) is 0 Å². The molecule has 6 heteroatoms. The average Bonchev–Trinajstić information content (AvgIpc) is 0.757. The first-order valence-corrected chi connectivity index (χ1v) is 67.3. The summed E-state index contributed by atoms with van der Waals surface area (Å²) in [5, 5.41) is 0. The van der Waals surface area contributed by atoms with Gasteiger partial charge in [-0.05, 0) is 193 Å². The molecule has 9 rings (SSSR count). The van der Waals surface area contributed by atoms with Crippen LogP contribution in [0.15, 0.2) is 194 Å². The van der Waals surface area contributed by atoms with E-state index in [0.29, 0.717) is 22.3 Å². The van der Waals surface area contributed by atoms with Crippen LogP contribution in [0.4, 0.5) is 22.7 Å². The third-order valence-electron chi connectivity index (χ3n) is 28.8. The maximum atomic E-state index is 3.88. The summed E-state index contributed by atoms with van der Waals surface area (Å²) in [6, 6.07) is 71.8. The predicted octanol–water partition coefficient (Wildman–Crippen LogP) is 40.5. The van der Waals surface area contributed by atoms with E-state index in [4.69, 9.17) is 0 Å². The monoisotopic (exact) mass is 2040 g/mol. The van der Waals surface area contributed by atoms with E-state index in [1.807, 2.05) is 0 Å². The van der Waals surface area contributed by atoms with E-state index in [1.165, 1.54) is 353 Å². The highest BCUT2D eigenvalue weighted by Crippen LogP contribution is 2.32. The smallest absolute Gasteiger partial charge is 0.129 e. The number of hydrogen-bond acceptors (Lipinski definition) is 4. The lowest BCUT2D eigenvalue weighted by Crippen LogP contribution is -2.25. The summed E-state index contributed by atoms with van der Waals surface area (Å²) >= 11 is 0. The molecule has 0 atom stereocenters. The Morgan fingerprint density at radius 1 is 0.153 bits per heavy atom. The molecule has 150 heavy (non-hydrogen) atoms. The van der Waals surface area contributed by atoms with Gasteiger partial charge >= 0.3 is 0 Å². The average molecular weight is 2040 g/mol. The van der Waals surface area contributed by atoms with Crippen molar-refractivity contribution in [3.05, 3.63) is 294 Å². The summed E-state index contributed by atoms with van der Waals surface area (Å²) < 4.78 is 0. The van der Waals surface area contributed by atoms with Crippen molar-refractivity contribution in [2.75, 3.05) is 72.0 Å². The molecule has 0 heterocycles. The van der Waals surface area contributed by atoms with Crippen LogP contribution >= 0.6 is 0 Å². The molecule has 0 aliphatic carbocycles. The number of benzene rings is 9. The molecule has 0 bridgehead atoms. The van der Waals surface area contributed by atoms with E-state index in [0.717, 1.165) is 108 Å². The third-order valence-corrected chi connectivity index (χ3v) is 30.5. The topological polar surface area (TPSA) is 13.0 Å². The summed E-state index contributed by atoms with van der Waals surface area (Å²) in [7, 11) is -4.26. The van der Waals surface area contributed by atoms with Crippen LogP contribution in [0, 0.1) is 70.3 Å². The minimum absolute atomic E-state index is 0.702. The first kappa shape index (κ1) is 122. The van der Waals surface area contributed by atoms with Crippen LogP contribution in [0.25, 0.3) is 48.6 Å². The van der Waals surface area contributed by atoms with Crippen LogP contribution in [0.5, 0.6) is 0 Å². The minimum atomic E-state index is -2.13. The van der Waals surface area contributed by atoms with Gasteiger partial charge in [-0.15, -0.1) is 11.1 Å². The number of unbranched alkanes of at least 4 members (excludes halogenated alkanes) is 40. The van der Waals surface area contributed by atoms with Gasteiger partial charge in [0.05, 0.1) is 33.4 Å². The lowest BCUT2D eigenvalue weighted by Gasteiger charge is -2.25. The third kappa shape index (κ3) is 50.0. The van der Waals surface area contributed by atoms with Crippen molar-refractivity contribution in [2.45, 2.75) is 403 Å². The number of hydrogen-bond donors (Lipinski definition) is 0. The Labute approximate surface area is 920 Å². The Balaban J connectivity index is 1.15. The number of anilines is 4. The molecule has 0 saturated carbocycles. The Kier molecular flexibility index (Phi) is 60.4. The summed E-state index contributed by atoms with van der Waals surface area (Å²) in [5.41, 5.74) is 29.9.